The molecule has 0 aliphatic heterocycles. The Morgan fingerprint density at radius 1 is 1.41 bits per heavy atom. The molecule has 2 aromatic rings. The Morgan fingerprint density at radius 2 is 2.12 bits per heavy atom. The first-order valence-electron chi connectivity index (χ1n) is 5.11. The number of benzene rings is 1. The zero-order chi connectivity index (χ0) is 12.3. The predicted molar refractivity (Wildman–Crippen MR) is 65.6 cm³/mol. The zero-order valence-corrected chi connectivity index (χ0v) is 10.7. The molecule has 0 amide bonds. The molecule has 4 nitrogen and oxygen atoms in total. The second-order valence-corrected chi connectivity index (χ2v) is 3.99. The van der Waals surface area contributed by atoms with E-state index in [9.17, 15) is 4.79 Å². The Hall–Kier alpha value is -1.62. The molecule has 1 aromatic heterocycles. The van der Waals surface area contributed by atoms with E-state index < -0.39 is 5.97 Å². The molecule has 0 aliphatic rings. The number of aromatic nitrogens is 1. The van der Waals surface area contributed by atoms with E-state index in [0.717, 1.165) is 5.56 Å². The van der Waals surface area contributed by atoms with Crippen molar-refractivity contribution in [2.45, 2.75) is 6.92 Å². The first-order chi connectivity index (χ1) is 8.24. The number of hydrogen-bond acceptors (Lipinski definition) is 4. The molecule has 1 heterocycles. The fourth-order valence-electron chi connectivity index (χ4n) is 1.44. The monoisotopic (exact) mass is 295 g/mol. The minimum Gasteiger partial charge on any atom is -0.462 e. The zero-order valence-electron chi connectivity index (χ0n) is 9.14. The van der Waals surface area contributed by atoms with Gasteiger partial charge in [0, 0.05) is 5.56 Å². The molecule has 0 unspecified atom stereocenters. The summed E-state index contributed by atoms with van der Waals surface area (Å²) in [5, 5.41) is 3.87. The number of hydrogen-bond donors (Lipinski definition) is 0. The van der Waals surface area contributed by atoms with Gasteiger partial charge < -0.3 is 9.26 Å². The second kappa shape index (κ2) is 5.14. The third kappa shape index (κ3) is 2.39. The molecule has 5 heteroatoms. The molecule has 0 saturated carbocycles. The van der Waals surface area contributed by atoms with Gasteiger partial charge in [0.1, 0.15) is 11.3 Å². The van der Waals surface area contributed by atoms with Crippen LogP contribution in [0.3, 0.4) is 0 Å². The summed E-state index contributed by atoms with van der Waals surface area (Å²) in [7, 11) is 0. The van der Waals surface area contributed by atoms with Crippen molar-refractivity contribution in [3.8, 4) is 11.3 Å². The molecule has 0 spiro atoms. The molecule has 2 rings (SSSR count). The van der Waals surface area contributed by atoms with E-state index in [0.29, 0.717) is 17.9 Å². The van der Waals surface area contributed by atoms with E-state index in [1.807, 2.05) is 30.3 Å². The normalized spacial score (nSPS) is 10.2. The van der Waals surface area contributed by atoms with E-state index in [-0.39, 0.29) is 4.67 Å². The third-order valence-corrected chi connectivity index (χ3v) is 2.72. The summed E-state index contributed by atoms with van der Waals surface area (Å²) < 4.78 is 10.2. The van der Waals surface area contributed by atoms with Crippen LogP contribution in [0.15, 0.2) is 39.5 Å². The van der Waals surface area contributed by atoms with Gasteiger partial charge in [-0.2, -0.15) is 0 Å². The van der Waals surface area contributed by atoms with Crippen molar-refractivity contribution in [2.24, 2.45) is 0 Å². The maximum atomic E-state index is 11.8. The maximum absolute atomic E-state index is 11.8. The van der Waals surface area contributed by atoms with Crippen molar-refractivity contribution in [1.82, 2.24) is 5.16 Å². The van der Waals surface area contributed by atoms with Crippen LogP contribution in [-0.2, 0) is 4.74 Å². The highest BCUT2D eigenvalue weighted by atomic mass is 79.9. The highest BCUT2D eigenvalue weighted by molar-refractivity contribution is 9.10. The van der Waals surface area contributed by atoms with Crippen LogP contribution in [0.4, 0.5) is 0 Å². The molecule has 0 radical (unpaired) electrons. The quantitative estimate of drug-likeness (QED) is 0.816. The lowest BCUT2D eigenvalue weighted by Gasteiger charge is -2.01. The van der Waals surface area contributed by atoms with E-state index in [2.05, 4.69) is 21.1 Å². The summed E-state index contributed by atoms with van der Waals surface area (Å²) in [6.07, 6.45) is 0. The topological polar surface area (TPSA) is 52.3 Å². The average molecular weight is 296 g/mol. The van der Waals surface area contributed by atoms with Gasteiger partial charge in [-0.1, -0.05) is 35.5 Å². The van der Waals surface area contributed by atoms with Gasteiger partial charge in [0.25, 0.3) is 0 Å². The molecule has 0 aliphatic carbocycles. The summed E-state index contributed by atoms with van der Waals surface area (Å²) >= 11 is 3.16. The fraction of sp³-hybridized carbons (Fsp3) is 0.167. The fourth-order valence-corrected chi connectivity index (χ4v) is 1.87. The largest absolute Gasteiger partial charge is 0.462 e. The highest BCUT2D eigenvalue weighted by Crippen LogP contribution is 2.29. The minimum atomic E-state index is -0.445. The Morgan fingerprint density at radius 3 is 2.76 bits per heavy atom. The Kier molecular flexibility index (Phi) is 3.58. The highest BCUT2D eigenvalue weighted by Gasteiger charge is 2.23. The third-order valence-electron chi connectivity index (χ3n) is 2.18. The first-order valence-corrected chi connectivity index (χ1v) is 5.91. The molecule has 0 fully saturated rings. The van der Waals surface area contributed by atoms with Crippen molar-refractivity contribution in [3.63, 3.8) is 0 Å². The lowest BCUT2D eigenvalue weighted by Crippen LogP contribution is -2.05. The Labute approximate surface area is 107 Å². The molecule has 88 valence electrons. The maximum Gasteiger partial charge on any atom is 0.345 e. The lowest BCUT2D eigenvalue weighted by molar-refractivity contribution is 0.0525. The van der Waals surface area contributed by atoms with Gasteiger partial charge in [-0.15, -0.1) is 0 Å². The Bertz CT molecular complexity index is 522. The number of rotatable bonds is 3. The Balaban J connectivity index is 2.46. The molecule has 1 aromatic carbocycles. The predicted octanol–water partition coefficient (Wildman–Crippen LogP) is 3.28. The molecule has 0 N–H and O–H groups in total. The van der Waals surface area contributed by atoms with Crippen molar-refractivity contribution < 1.29 is 14.1 Å². The number of carbonyl (C=O) groups excluding carboxylic acids is 1. The SMILES string of the molecule is CCOC(=O)c1c(-c2ccccc2)noc1Br. The van der Waals surface area contributed by atoms with E-state index in [4.69, 9.17) is 9.26 Å². The lowest BCUT2D eigenvalue weighted by atomic mass is 10.1. The van der Waals surface area contributed by atoms with Gasteiger partial charge in [0.05, 0.1) is 6.61 Å². The summed E-state index contributed by atoms with van der Waals surface area (Å²) in [6.45, 7) is 2.06. The molecule has 0 bridgehead atoms. The first kappa shape index (κ1) is 11.9. The van der Waals surface area contributed by atoms with Crippen LogP contribution in [0.25, 0.3) is 11.3 Å². The molecule has 17 heavy (non-hydrogen) atoms. The van der Waals surface area contributed by atoms with Gasteiger partial charge in [-0.3, -0.25) is 0 Å². The number of ether oxygens (including phenoxy) is 1. The summed E-state index contributed by atoms with van der Waals surface area (Å²) in [6, 6.07) is 9.34. The van der Waals surface area contributed by atoms with Crippen LogP contribution in [0.2, 0.25) is 0 Å². The summed E-state index contributed by atoms with van der Waals surface area (Å²) in [5.41, 5.74) is 1.61. The summed E-state index contributed by atoms with van der Waals surface area (Å²) in [5.74, 6) is -0.445. The van der Waals surface area contributed by atoms with Crippen molar-refractivity contribution in [1.29, 1.82) is 0 Å². The van der Waals surface area contributed by atoms with Crippen LogP contribution in [0, 0.1) is 0 Å². The van der Waals surface area contributed by atoms with Gasteiger partial charge in [0.2, 0.25) is 4.67 Å². The molecular formula is C12H10BrNO3. The van der Waals surface area contributed by atoms with Crippen molar-refractivity contribution in [3.05, 3.63) is 40.6 Å². The van der Waals surface area contributed by atoms with Crippen LogP contribution in [-0.4, -0.2) is 17.7 Å². The van der Waals surface area contributed by atoms with Crippen molar-refractivity contribution >= 4 is 21.9 Å². The molecule has 0 saturated heterocycles. The average Bonchev–Trinajstić information content (AvgIpc) is 2.73. The van der Waals surface area contributed by atoms with Gasteiger partial charge in [-0.25, -0.2) is 4.79 Å². The number of halogens is 1. The molecular weight excluding hydrogens is 286 g/mol. The van der Waals surface area contributed by atoms with Crippen molar-refractivity contribution in [2.75, 3.05) is 6.61 Å². The number of esters is 1. The van der Waals surface area contributed by atoms with Crippen LogP contribution in [0.5, 0.6) is 0 Å². The second-order valence-electron chi connectivity index (χ2n) is 3.27. The van der Waals surface area contributed by atoms with Crippen LogP contribution in [0.1, 0.15) is 17.3 Å². The standard InChI is InChI=1S/C12H10BrNO3/c1-2-16-12(15)9-10(14-17-11(9)13)8-6-4-3-5-7-8/h3-7H,2H2,1H3. The van der Waals surface area contributed by atoms with Crippen LogP contribution >= 0.6 is 15.9 Å². The van der Waals surface area contributed by atoms with E-state index in [1.165, 1.54) is 0 Å². The van der Waals surface area contributed by atoms with E-state index >= 15 is 0 Å². The van der Waals surface area contributed by atoms with Crippen LogP contribution < -0.4 is 0 Å². The smallest absolute Gasteiger partial charge is 0.345 e. The minimum absolute atomic E-state index is 0.287. The summed E-state index contributed by atoms with van der Waals surface area (Å²) in [4.78, 5) is 11.8. The van der Waals surface area contributed by atoms with Gasteiger partial charge in [-0.05, 0) is 22.9 Å². The number of nitrogens with zero attached hydrogens (tertiary/aromatic N) is 1. The van der Waals surface area contributed by atoms with Gasteiger partial charge >= 0.3 is 5.97 Å². The number of carbonyl (C=O) groups is 1. The van der Waals surface area contributed by atoms with Gasteiger partial charge in [0.15, 0.2) is 0 Å². The van der Waals surface area contributed by atoms with E-state index in [1.54, 1.807) is 6.92 Å². The molecule has 0 atom stereocenters.